The molecule has 0 aromatic carbocycles. The highest BCUT2D eigenvalue weighted by Crippen LogP contribution is 2.38. The van der Waals surface area contributed by atoms with Gasteiger partial charge in [0, 0.05) is 29.7 Å². The van der Waals surface area contributed by atoms with Crippen molar-refractivity contribution in [3.05, 3.63) is 18.5 Å². The van der Waals surface area contributed by atoms with E-state index in [4.69, 9.17) is 13.0 Å². The third-order valence-corrected chi connectivity index (χ3v) is 3.24. The maximum atomic E-state index is 12.9. The lowest BCUT2D eigenvalue weighted by Gasteiger charge is -2.39. The Labute approximate surface area is 119 Å². The molecule has 6 heteroatoms. The summed E-state index contributed by atoms with van der Waals surface area (Å²) in [5, 5.41) is 3.53. The third kappa shape index (κ3) is 1.60. The minimum atomic E-state index is -2.76. The Morgan fingerprint density at radius 3 is 3.32 bits per heavy atom. The van der Waals surface area contributed by atoms with E-state index in [1.807, 2.05) is 0 Å². The molecule has 19 heavy (non-hydrogen) atoms. The van der Waals surface area contributed by atoms with E-state index in [9.17, 15) is 4.79 Å². The molecule has 2 N–H and O–H groups in total. The van der Waals surface area contributed by atoms with Gasteiger partial charge >= 0.3 is 0 Å². The maximum absolute atomic E-state index is 12.9. The molecule has 0 radical (unpaired) electrons. The number of ether oxygens (including phenoxy) is 1. The molecule has 0 saturated heterocycles. The number of rotatable bonds is 2. The Kier molecular flexibility index (Phi) is 1.44. The van der Waals surface area contributed by atoms with Gasteiger partial charge < -0.3 is 19.9 Å². The highest BCUT2D eigenvalue weighted by atomic mass is 16.5. The Morgan fingerprint density at radius 1 is 1.63 bits per heavy atom. The molecule has 2 aromatic rings. The van der Waals surface area contributed by atoms with Crippen LogP contribution in [0.3, 0.4) is 0 Å². The lowest BCUT2D eigenvalue weighted by Crippen LogP contribution is -2.57. The van der Waals surface area contributed by atoms with Gasteiger partial charge in [0.25, 0.3) is 5.91 Å². The Morgan fingerprint density at radius 2 is 2.53 bits per heavy atom. The number of hydrogen-bond acceptors (Lipinski definition) is 4. The van der Waals surface area contributed by atoms with Crippen LogP contribution in [0, 0.1) is 0 Å². The quantitative estimate of drug-likeness (QED) is 0.861. The fraction of sp³-hybridized carbons (Fsp3) is 0.385. The van der Waals surface area contributed by atoms with Crippen LogP contribution in [0.2, 0.25) is 0 Å². The Hall–Kier alpha value is -2.08. The molecule has 0 spiro atoms. The Bertz CT molecular complexity index is 830. The summed E-state index contributed by atoms with van der Waals surface area (Å²) in [5.41, 5.74) is -0.589. The van der Waals surface area contributed by atoms with Crippen LogP contribution in [0.15, 0.2) is 18.5 Å². The second kappa shape index (κ2) is 3.96. The number of amides is 1. The van der Waals surface area contributed by atoms with Crippen LogP contribution >= 0.6 is 0 Å². The number of aromatic amines is 1. The first kappa shape index (κ1) is 6.91. The van der Waals surface area contributed by atoms with E-state index in [-0.39, 0.29) is 5.69 Å². The molecule has 100 valence electrons. The smallest absolute Gasteiger partial charge is 0.254 e. The van der Waals surface area contributed by atoms with E-state index in [2.05, 4.69) is 15.3 Å². The number of fused-ring (bicyclic) bond motifs is 3. The predicted octanol–water partition coefficient (Wildman–Crippen LogP) is 1.36. The largest absolute Gasteiger partial charge is 0.382 e. The van der Waals surface area contributed by atoms with E-state index < -0.39 is 32.1 Å². The molecule has 3 rings (SSSR count). The first-order valence-electron chi connectivity index (χ1n) is 8.65. The highest BCUT2D eigenvalue weighted by molar-refractivity contribution is 6.12. The van der Waals surface area contributed by atoms with Gasteiger partial charge in [-0.25, -0.2) is 4.98 Å². The van der Waals surface area contributed by atoms with Gasteiger partial charge in [-0.05, 0) is 13.0 Å². The van der Waals surface area contributed by atoms with Crippen molar-refractivity contribution in [3.8, 4) is 0 Å². The summed E-state index contributed by atoms with van der Waals surface area (Å²) in [7, 11) is -2.71. The summed E-state index contributed by atoms with van der Waals surface area (Å²) in [4.78, 5) is 20.5. The summed E-state index contributed by atoms with van der Waals surface area (Å²) in [6.07, 6.45) is 2.92. The van der Waals surface area contributed by atoms with E-state index in [1.54, 1.807) is 12.3 Å². The molecule has 6 nitrogen and oxygen atoms in total. The topological polar surface area (TPSA) is 70.2 Å². The number of hydrogen-bond donors (Lipinski definition) is 2. The molecule has 0 saturated carbocycles. The number of anilines is 2. The van der Waals surface area contributed by atoms with E-state index in [0.717, 1.165) is 0 Å². The average Bonchev–Trinajstić information content (AvgIpc) is 2.93. The van der Waals surface area contributed by atoms with Crippen LogP contribution in [0.4, 0.5) is 11.4 Å². The molecule has 2 aromatic heterocycles. The molecule has 1 atom stereocenters. The van der Waals surface area contributed by atoms with Crippen LogP contribution in [-0.4, -0.2) is 42.0 Å². The number of carbonyl (C=O) groups excluding carboxylic acids is 1. The maximum Gasteiger partial charge on any atom is 0.254 e. The van der Waals surface area contributed by atoms with E-state index in [1.165, 1.54) is 13.1 Å². The first-order chi connectivity index (χ1) is 11.4. The van der Waals surface area contributed by atoms with Crippen LogP contribution in [-0.2, 0) is 9.53 Å². The SMILES string of the molecule is [2H]C([2H])([2H])OC[C@]1(C)Nc2c(cnc3[nH]ccc23)N(C([2H])([2H])[2H])C1=O. The first-order valence-corrected chi connectivity index (χ1v) is 5.65. The van der Waals surface area contributed by atoms with Gasteiger partial charge in [-0.15, -0.1) is 0 Å². The van der Waals surface area contributed by atoms with E-state index >= 15 is 0 Å². The van der Waals surface area contributed by atoms with Gasteiger partial charge in [0.1, 0.15) is 11.2 Å². The van der Waals surface area contributed by atoms with Crippen molar-refractivity contribution >= 4 is 28.3 Å². The monoisotopic (exact) mass is 266 g/mol. The minimum absolute atomic E-state index is 0.100. The van der Waals surface area contributed by atoms with Crippen molar-refractivity contribution in [1.82, 2.24) is 9.97 Å². The number of nitrogens with one attached hydrogen (secondary N) is 2. The molecule has 0 bridgehead atoms. The van der Waals surface area contributed by atoms with Crippen LogP contribution in [0.1, 0.15) is 15.1 Å². The molecule has 3 heterocycles. The number of pyridine rings is 1. The summed E-state index contributed by atoms with van der Waals surface area (Å²) in [6.45, 7) is -1.88. The van der Waals surface area contributed by atoms with Crippen molar-refractivity contribution in [2.45, 2.75) is 12.5 Å². The number of nitrogens with zero attached hydrogens (tertiary/aromatic N) is 2. The number of carbonyl (C=O) groups is 1. The second-order valence-corrected chi connectivity index (χ2v) is 4.64. The lowest BCUT2D eigenvalue weighted by molar-refractivity contribution is -0.124. The fourth-order valence-corrected chi connectivity index (χ4v) is 2.23. The average molecular weight is 266 g/mol. The van der Waals surface area contributed by atoms with Gasteiger partial charge in [-0.2, -0.15) is 0 Å². The zero-order valence-electron chi connectivity index (χ0n) is 16.2. The number of aromatic nitrogens is 2. The van der Waals surface area contributed by atoms with Gasteiger partial charge in [0.05, 0.1) is 28.3 Å². The van der Waals surface area contributed by atoms with Gasteiger partial charge in [0.15, 0.2) is 0 Å². The molecule has 0 fully saturated rings. The second-order valence-electron chi connectivity index (χ2n) is 4.64. The molecule has 1 amide bonds. The zero-order valence-corrected chi connectivity index (χ0v) is 10.2. The Balaban J connectivity index is 2.14. The van der Waals surface area contributed by atoms with Gasteiger partial charge in [-0.3, -0.25) is 4.79 Å². The minimum Gasteiger partial charge on any atom is -0.382 e. The summed E-state index contributed by atoms with van der Waals surface area (Å²) in [5.74, 6) is -0.819. The van der Waals surface area contributed by atoms with Crippen LogP contribution in [0.5, 0.6) is 0 Å². The molecule has 0 aliphatic carbocycles. The number of H-pyrrole nitrogens is 1. The third-order valence-electron chi connectivity index (χ3n) is 3.24. The molecule has 0 unspecified atom stereocenters. The van der Waals surface area contributed by atoms with Crippen molar-refractivity contribution in [1.29, 1.82) is 0 Å². The predicted molar refractivity (Wildman–Crippen MR) is 73.4 cm³/mol. The summed E-state index contributed by atoms with van der Waals surface area (Å²) >= 11 is 0. The molecule has 1 aliphatic rings. The number of likely N-dealkylation sites (N-methyl/N-ethyl adjacent to an activating group) is 1. The zero-order chi connectivity index (χ0) is 18.6. The fourth-order valence-electron chi connectivity index (χ4n) is 2.23. The number of methoxy groups -OCH3 is 1. The molecular weight excluding hydrogens is 244 g/mol. The van der Waals surface area contributed by atoms with Crippen molar-refractivity contribution in [2.24, 2.45) is 0 Å². The summed E-state index contributed by atoms with van der Waals surface area (Å²) in [6, 6.07) is 1.69. The standard InChI is InChI=1S/C13H16N4O2/c1-13(7-19-3)12(18)17(2)9-6-15-11-8(4-5-14-11)10(9)16-13/h4-6,16H,7H2,1-3H3,(H,14,15)/t13-/m0/s1/i2D3,3D3. The van der Waals surface area contributed by atoms with Crippen LogP contribution in [0.25, 0.3) is 11.0 Å². The molecular formula is C13H16N4O2. The van der Waals surface area contributed by atoms with Crippen molar-refractivity contribution in [2.75, 3.05) is 30.8 Å². The normalized spacial score (nSPS) is 28.5. The van der Waals surface area contributed by atoms with Crippen molar-refractivity contribution in [3.63, 3.8) is 0 Å². The van der Waals surface area contributed by atoms with Gasteiger partial charge in [-0.1, -0.05) is 0 Å². The highest BCUT2D eigenvalue weighted by Gasteiger charge is 2.41. The van der Waals surface area contributed by atoms with Crippen LogP contribution < -0.4 is 10.2 Å². The molecule has 1 aliphatic heterocycles. The van der Waals surface area contributed by atoms with Gasteiger partial charge in [0.2, 0.25) is 0 Å². The lowest BCUT2D eigenvalue weighted by atomic mass is 9.97. The van der Waals surface area contributed by atoms with E-state index in [0.29, 0.717) is 21.6 Å². The summed E-state index contributed by atoms with van der Waals surface area (Å²) < 4.78 is 49.4. The van der Waals surface area contributed by atoms with Crippen molar-refractivity contribution < 1.29 is 17.8 Å².